The smallest absolute Gasteiger partial charge is 0.269 e. The highest BCUT2D eigenvalue weighted by molar-refractivity contribution is 5.56. The van der Waals surface area contributed by atoms with Crippen molar-refractivity contribution in [3.63, 3.8) is 0 Å². The Morgan fingerprint density at radius 3 is 2.57 bits per heavy atom. The molecule has 1 rings (SSSR count). The monoisotopic (exact) mass is 195 g/mol. The first-order chi connectivity index (χ1) is 6.56. The number of hydrazine groups is 1. The predicted octanol–water partition coefficient (Wildman–Crippen LogP) is 2.00. The van der Waals surface area contributed by atoms with Crippen LogP contribution < -0.4 is 11.3 Å². The number of rotatable bonds is 3. The van der Waals surface area contributed by atoms with Crippen LogP contribution in [0.4, 0.5) is 11.4 Å². The maximum Gasteiger partial charge on any atom is 0.269 e. The van der Waals surface area contributed by atoms with Gasteiger partial charge in [0.1, 0.15) is 0 Å². The molecule has 0 fully saturated rings. The van der Waals surface area contributed by atoms with E-state index in [0.29, 0.717) is 0 Å². The summed E-state index contributed by atoms with van der Waals surface area (Å²) in [7, 11) is 0. The molecule has 3 N–H and O–H groups in total. The van der Waals surface area contributed by atoms with E-state index in [4.69, 9.17) is 5.84 Å². The highest BCUT2D eigenvalue weighted by atomic mass is 16.6. The Morgan fingerprint density at radius 2 is 2.14 bits per heavy atom. The number of benzene rings is 1. The summed E-state index contributed by atoms with van der Waals surface area (Å²) in [5, 5.41) is 10.5. The van der Waals surface area contributed by atoms with Gasteiger partial charge in [0.15, 0.2) is 0 Å². The third kappa shape index (κ3) is 2.00. The van der Waals surface area contributed by atoms with Gasteiger partial charge in [0.2, 0.25) is 0 Å². The van der Waals surface area contributed by atoms with Gasteiger partial charge in [-0.05, 0) is 17.5 Å². The van der Waals surface area contributed by atoms with E-state index >= 15 is 0 Å². The van der Waals surface area contributed by atoms with E-state index in [9.17, 15) is 10.1 Å². The number of anilines is 1. The normalized spacial score (nSPS) is 10.3. The maximum absolute atomic E-state index is 10.5. The Bertz CT molecular complexity index is 350. The van der Waals surface area contributed by atoms with Crippen molar-refractivity contribution in [2.75, 3.05) is 5.43 Å². The molecule has 76 valence electrons. The molecule has 5 heteroatoms. The first kappa shape index (κ1) is 10.5. The lowest BCUT2D eigenvalue weighted by atomic mass is 10.0. The van der Waals surface area contributed by atoms with Crippen LogP contribution in [0.1, 0.15) is 25.3 Å². The first-order valence-electron chi connectivity index (χ1n) is 4.31. The van der Waals surface area contributed by atoms with E-state index in [1.54, 1.807) is 12.1 Å². The van der Waals surface area contributed by atoms with Crippen molar-refractivity contribution < 1.29 is 4.92 Å². The van der Waals surface area contributed by atoms with Gasteiger partial charge in [-0.25, -0.2) is 0 Å². The van der Waals surface area contributed by atoms with Gasteiger partial charge in [0, 0.05) is 12.1 Å². The molecule has 0 aromatic heterocycles. The van der Waals surface area contributed by atoms with Crippen molar-refractivity contribution >= 4 is 11.4 Å². The van der Waals surface area contributed by atoms with Crippen molar-refractivity contribution in [2.24, 2.45) is 5.84 Å². The summed E-state index contributed by atoms with van der Waals surface area (Å²) < 4.78 is 0. The highest BCUT2D eigenvalue weighted by Gasteiger charge is 2.12. The molecule has 0 atom stereocenters. The van der Waals surface area contributed by atoms with Gasteiger partial charge in [-0.15, -0.1) is 0 Å². The summed E-state index contributed by atoms with van der Waals surface area (Å²) in [6, 6.07) is 4.59. The second-order valence-electron chi connectivity index (χ2n) is 3.33. The van der Waals surface area contributed by atoms with Crippen LogP contribution in [0.25, 0.3) is 0 Å². The summed E-state index contributed by atoms with van der Waals surface area (Å²) in [5.41, 5.74) is 4.19. The Morgan fingerprint density at radius 1 is 1.50 bits per heavy atom. The van der Waals surface area contributed by atoms with Crippen LogP contribution in [0.3, 0.4) is 0 Å². The zero-order valence-corrected chi connectivity index (χ0v) is 8.15. The summed E-state index contributed by atoms with van der Waals surface area (Å²) in [4.78, 5) is 10.1. The fourth-order valence-corrected chi connectivity index (χ4v) is 1.27. The van der Waals surface area contributed by atoms with Crippen molar-refractivity contribution in [3.05, 3.63) is 33.9 Å². The van der Waals surface area contributed by atoms with Crippen LogP contribution in [0.5, 0.6) is 0 Å². The van der Waals surface area contributed by atoms with Gasteiger partial charge in [0.05, 0.1) is 10.6 Å². The van der Waals surface area contributed by atoms with Crippen LogP contribution in [0, 0.1) is 10.1 Å². The predicted molar refractivity (Wildman–Crippen MR) is 55.0 cm³/mol. The van der Waals surface area contributed by atoms with Crippen LogP contribution in [-0.4, -0.2) is 4.92 Å². The molecule has 0 unspecified atom stereocenters. The molecule has 0 saturated heterocycles. The molecule has 0 saturated carbocycles. The number of nitrogens with two attached hydrogens (primary N) is 1. The Balaban J connectivity index is 3.20. The lowest BCUT2D eigenvalue weighted by Gasteiger charge is -2.11. The molecule has 14 heavy (non-hydrogen) atoms. The molecule has 0 bridgehead atoms. The zero-order valence-electron chi connectivity index (χ0n) is 8.15. The van der Waals surface area contributed by atoms with Crippen LogP contribution in [-0.2, 0) is 0 Å². The van der Waals surface area contributed by atoms with Crippen molar-refractivity contribution in [2.45, 2.75) is 19.8 Å². The van der Waals surface area contributed by atoms with E-state index in [2.05, 4.69) is 5.43 Å². The second-order valence-corrected chi connectivity index (χ2v) is 3.33. The summed E-state index contributed by atoms with van der Waals surface area (Å²) >= 11 is 0. The number of hydrogen-bond donors (Lipinski definition) is 2. The molecular weight excluding hydrogens is 182 g/mol. The molecule has 1 aromatic carbocycles. The fraction of sp³-hybridized carbons (Fsp3) is 0.333. The molecule has 0 aliphatic carbocycles. The average Bonchev–Trinajstić information content (AvgIpc) is 2.16. The van der Waals surface area contributed by atoms with Gasteiger partial charge in [-0.3, -0.25) is 16.0 Å². The largest absolute Gasteiger partial charge is 0.324 e. The number of non-ortho nitro benzene ring substituents is 1. The number of hydrogen-bond acceptors (Lipinski definition) is 4. The van der Waals surface area contributed by atoms with Gasteiger partial charge < -0.3 is 5.43 Å². The minimum absolute atomic E-state index is 0.0905. The number of nitro groups is 1. The van der Waals surface area contributed by atoms with Crippen molar-refractivity contribution in [1.29, 1.82) is 0 Å². The number of nitrogens with one attached hydrogen (secondary N) is 1. The highest BCUT2D eigenvalue weighted by Crippen LogP contribution is 2.27. The number of nitrogens with zero attached hydrogens (tertiary/aromatic N) is 1. The van der Waals surface area contributed by atoms with Crippen molar-refractivity contribution in [3.8, 4) is 0 Å². The van der Waals surface area contributed by atoms with Gasteiger partial charge >= 0.3 is 0 Å². The van der Waals surface area contributed by atoms with Gasteiger partial charge in [0.25, 0.3) is 5.69 Å². The van der Waals surface area contributed by atoms with Crippen LogP contribution in [0.2, 0.25) is 0 Å². The summed E-state index contributed by atoms with van der Waals surface area (Å²) in [5.74, 6) is 5.49. The topological polar surface area (TPSA) is 81.2 Å². The lowest BCUT2D eigenvalue weighted by Crippen LogP contribution is -2.10. The summed E-state index contributed by atoms with van der Waals surface area (Å²) in [6.07, 6.45) is 0. The molecule has 0 heterocycles. The SMILES string of the molecule is CC(C)c1cc([N+](=O)[O-])ccc1NN. The van der Waals surface area contributed by atoms with Gasteiger partial charge in [-0.1, -0.05) is 13.8 Å². The van der Waals surface area contributed by atoms with E-state index in [-0.39, 0.29) is 11.6 Å². The van der Waals surface area contributed by atoms with E-state index in [1.807, 2.05) is 13.8 Å². The lowest BCUT2D eigenvalue weighted by molar-refractivity contribution is -0.384. The molecule has 1 aromatic rings. The molecule has 0 radical (unpaired) electrons. The van der Waals surface area contributed by atoms with Gasteiger partial charge in [-0.2, -0.15) is 0 Å². The first-order valence-corrected chi connectivity index (χ1v) is 4.31. The number of nitro benzene ring substituents is 1. The minimum atomic E-state index is -0.411. The third-order valence-corrected chi connectivity index (χ3v) is 2.02. The van der Waals surface area contributed by atoms with Crippen LogP contribution in [0.15, 0.2) is 18.2 Å². The quantitative estimate of drug-likeness (QED) is 0.439. The molecular formula is C9H13N3O2. The zero-order chi connectivity index (χ0) is 10.7. The Labute approximate surface area is 82.0 Å². The number of nitrogen functional groups attached to an aromatic ring is 1. The second kappa shape index (κ2) is 4.06. The van der Waals surface area contributed by atoms with Crippen LogP contribution >= 0.6 is 0 Å². The maximum atomic E-state index is 10.5. The van der Waals surface area contributed by atoms with E-state index in [1.165, 1.54) is 6.07 Å². The molecule has 0 amide bonds. The Hall–Kier alpha value is -1.62. The third-order valence-electron chi connectivity index (χ3n) is 2.02. The average molecular weight is 195 g/mol. The molecule has 0 spiro atoms. The van der Waals surface area contributed by atoms with Crippen molar-refractivity contribution in [1.82, 2.24) is 0 Å². The Kier molecular flexibility index (Phi) is 3.03. The summed E-state index contributed by atoms with van der Waals surface area (Å²) in [6.45, 7) is 3.92. The van der Waals surface area contributed by atoms with E-state index in [0.717, 1.165) is 11.3 Å². The van der Waals surface area contributed by atoms with E-state index < -0.39 is 4.92 Å². The minimum Gasteiger partial charge on any atom is -0.324 e. The fourth-order valence-electron chi connectivity index (χ4n) is 1.27. The molecule has 0 aliphatic heterocycles. The molecule has 5 nitrogen and oxygen atoms in total. The standard InChI is InChI=1S/C9H13N3O2/c1-6(2)8-5-7(12(13)14)3-4-9(8)11-10/h3-6,11H,10H2,1-2H3. The molecule has 0 aliphatic rings.